The Labute approximate surface area is 96.0 Å². The van der Waals surface area contributed by atoms with Crippen LogP contribution < -0.4 is 5.73 Å². The molecule has 1 aromatic rings. The van der Waals surface area contributed by atoms with Crippen molar-refractivity contribution in [1.29, 1.82) is 0 Å². The van der Waals surface area contributed by atoms with E-state index in [1.165, 1.54) is 9.80 Å². The topological polar surface area (TPSA) is 92.4 Å². The summed E-state index contributed by atoms with van der Waals surface area (Å²) in [5.74, 6) is -0.184. The third-order valence-corrected chi connectivity index (χ3v) is 3.00. The third kappa shape index (κ3) is 1.96. The Morgan fingerprint density at radius 3 is 2.75 bits per heavy atom. The lowest BCUT2D eigenvalue weighted by atomic mass is 10.3. The molecule has 8 heteroatoms. The van der Waals surface area contributed by atoms with Gasteiger partial charge in [0.25, 0.3) is 0 Å². The molecule has 1 aliphatic heterocycles. The fourth-order valence-corrected chi connectivity index (χ4v) is 1.85. The average molecular weight is 241 g/mol. The van der Waals surface area contributed by atoms with Crippen LogP contribution in [0.5, 0.6) is 0 Å². The fourth-order valence-electron chi connectivity index (χ4n) is 1.41. The minimum Gasteiger partial charge on any atom is -0.388 e. The van der Waals surface area contributed by atoms with Gasteiger partial charge in [0.05, 0.1) is 13.1 Å². The lowest BCUT2D eigenvalue weighted by Gasteiger charge is -2.31. The van der Waals surface area contributed by atoms with Gasteiger partial charge >= 0.3 is 0 Å². The molecule has 2 heterocycles. The van der Waals surface area contributed by atoms with Crippen molar-refractivity contribution in [2.45, 2.75) is 6.54 Å². The minimum absolute atomic E-state index is 0.0757. The van der Waals surface area contributed by atoms with Crippen molar-refractivity contribution in [3.63, 3.8) is 0 Å². The van der Waals surface area contributed by atoms with Crippen LogP contribution in [0, 0.1) is 0 Å². The van der Waals surface area contributed by atoms with Gasteiger partial charge in [-0.25, -0.2) is 0 Å². The van der Waals surface area contributed by atoms with E-state index >= 15 is 0 Å². The molecule has 1 fully saturated rings. The van der Waals surface area contributed by atoms with Crippen molar-refractivity contribution in [1.82, 2.24) is 19.4 Å². The summed E-state index contributed by atoms with van der Waals surface area (Å²) in [6.45, 7) is 0.434. The molecule has 2 amide bonds. The number of carbonyl (C=O) groups is 2. The highest BCUT2D eigenvalue weighted by Gasteiger charge is 2.28. The second-order valence-electron chi connectivity index (χ2n) is 3.58. The van der Waals surface area contributed by atoms with Crippen molar-refractivity contribution in [3.05, 3.63) is 5.69 Å². The van der Waals surface area contributed by atoms with Gasteiger partial charge in [0, 0.05) is 18.6 Å². The number of hydrogen-bond donors (Lipinski definition) is 1. The summed E-state index contributed by atoms with van der Waals surface area (Å²) in [7, 11) is 1.61. The molecule has 0 spiro atoms. The zero-order chi connectivity index (χ0) is 11.7. The van der Waals surface area contributed by atoms with E-state index in [0.29, 0.717) is 10.7 Å². The fraction of sp³-hybridized carbons (Fsp3) is 0.500. The van der Waals surface area contributed by atoms with Gasteiger partial charge in [-0.05, 0) is 0 Å². The van der Waals surface area contributed by atoms with Crippen molar-refractivity contribution in [3.8, 4) is 0 Å². The molecule has 7 nitrogen and oxygen atoms in total. The van der Waals surface area contributed by atoms with Gasteiger partial charge in [-0.1, -0.05) is 4.49 Å². The maximum Gasteiger partial charge on any atom is 0.243 e. The lowest BCUT2D eigenvalue weighted by Crippen LogP contribution is -2.51. The Morgan fingerprint density at radius 1 is 1.38 bits per heavy atom. The van der Waals surface area contributed by atoms with Crippen molar-refractivity contribution in [2.24, 2.45) is 0 Å². The number of nitrogen functional groups attached to an aromatic ring is 1. The quantitative estimate of drug-likeness (QED) is 0.711. The van der Waals surface area contributed by atoms with E-state index < -0.39 is 0 Å². The van der Waals surface area contributed by atoms with Crippen LogP contribution in [0.4, 0.5) is 5.00 Å². The van der Waals surface area contributed by atoms with Crippen LogP contribution >= 0.6 is 11.5 Å². The standard InChI is InChI=1S/C8H11N5O2S/c1-12-3-7(15)13(4-6(12)14)2-5-8(9)16-11-10-5/h2-4,9H2,1H3. The normalized spacial score (nSPS) is 17.1. The first-order chi connectivity index (χ1) is 7.58. The number of carbonyl (C=O) groups excluding carboxylic acids is 2. The van der Waals surface area contributed by atoms with Gasteiger partial charge in [0.2, 0.25) is 11.8 Å². The molecule has 1 aliphatic rings. The number of rotatable bonds is 2. The number of hydrogen-bond acceptors (Lipinski definition) is 6. The van der Waals surface area contributed by atoms with Crippen LogP contribution in [-0.4, -0.2) is 51.3 Å². The van der Waals surface area contributed by atoms with Crippen LogP contribution in [0.15, 0.2) is 0 Å². The Morgan fingerprint density at radius 2 is 2.12 bits per heavy atom. The van der Waals surface area contributed by atoms with Crippen LogP contribution in [0.2, 0.25) is 0 Å². The second-order valence-corrected chi connectivity index (χ2v) is 4.37. The van der Waals surface area contributed by atoms with Gasteiger partial charge in [-0.2, -0.15) is 0 Å². The summed E-state index contributed by atoms with van der Waals surface area (Å²) in [5.41, 5.74) is 6.18. The SMILES string of the molecule is CN1CC(=O)N(Cc2nnsc2N)CC1=O. The summed E-state index contributed by atoms with van der Waals surface area (Å²) >= 11 is 1.08. The first kappa shape index (κ1) is 10.8. The number of nitrogens with zero attached hydrogens (tertiary/aromatic N) is 4. The number of piperazine rings is 1. The maximum absolute atomic E-state index is 11.6. The molecule has 0 aliphatic carbocycles. The summed E-state index contributed by atoms with van der Waals surface area (Å²) in [5, 5.41) is 4.30. The van der Waals surface area contributed by atoms with Crippen LogP contribution in [-0.2, 0) is 16.1 Å². The Kier molecular flexibility index (Phi) is 2.73. The molecule has 0 aromatic carbocycles. The monoisotopic (exact) mass is 241 g/mol. The molecule has 1 aromatic heterocycles. The van der Waals surface area contributed by atoms with E-state index in [4.69, 9.17) is 5.73 Å². The molecule has 2 rings (SSSR count). The molecule has 0 saturated carbocycles. The van der Waals surface area contributed by atoms with E-state index in [1.54, 1.807) is 7.05 Å². The molecular weight excluding hydrogens is 230 g/mol. The molecule has 0 radical (unpaired) electrons. The van der Waals surface area contributed by atoms with E-state index in [9.17, 15) is 9.59 Å². The van der Waals surface area contributed by atoms with Gasteiger partial charge in [0.1, 0.15) is 17.2 Å². The largest absolute Gasteiger partial charge is 0.388 e. The number of amides is 2. The second kappa shape index (κ2) is 4.05. The minimum atomic E-state index is -0.102. The molecule has 86 valence electrons. The Hall–Kier alpha value is -1.70. The summed E-state index contributed by atoms with van der Waals surface area (Å²) in [6.07, 6.45) is 0. The zero-order valence-electron chi connectivity index (χ0n) is 8.71. The lowest BCUT2D eigenvalue weighted by molar-refractivity contribution is -0.149. The van der Waals surface area contributed by atoms with E-state index in [1.807, 2.05) is 0 Å². The van der Waals surface area contributed by atoms with Gasteiger partial charge in [-0.3, -0.25) is 9.59 Å². The molecule has 2 N–H and O–H groups in total. The van der Waals surface area contributed by atoms with Gasteiger partial charge in [0.15, 0.2) is 0 Å². The number of nitrogens with two attached hydrogens (primary N) is 1. The van der Waals surface area contributed by atoms with Crippen LogP contribution in [0.3, 0.4) is 0 Å². The van der Waals surface area contributed by atoms with Crippen LogP contribution in [0.25, 0.3) is 0 Å². The van der Waals surface area contributed by atoms with Crippen LogP contribution in [0.1, 0.15) is 5.69 Å². The summed E-state index contributed by atoms with van der Waals surface area (Å²) in [6, 6.07) is 0. The number of likely N-dealkylation sites (N-methyl/N-ethyl adjacent to an activating group) is 1. The predicted molar refractivity (Wildman–Crippen MR) is 57.4 cm³/mol. The van der Waals surface area contributed by atoms with E-state index in [-0.39, 0.29) is 31.4 Å². The molecule has 0 atom stereocenters. The Bertz CT molecular complexity index is 432. The van der Waals surface area contributed by atoms with Crippen molar-refractivity contribution < 1.29 is 9.59 Å². The molecular formula is C8H11N5O2S. The number of aromatic nitrogens is 2. The van der Waals surface area contributed by atoms with Crippen molar-refractivity contribution >= 4 is 28.3 Å². The summed E-state index contributed by atoms with van der Waals surface area (Å²) < 4.78 is 3.68. The van der Waals surface area contributed by atoms with Crippen molar-refractivity contribution in [2.75, 3.05) is 25.9 Å². The highest BCUT2D eigenvalue weighted by atomic mass is 32.1. The first-order valence-corrected chi connectivity index (χ1v) is 5.43. The van der Waals surface area contributed by atoms with E-state index in [0.717, 1.165) is 11.5 Å². The molecule has 0 bridgehead atoms. The zero-order valence-corrected chi connectivity index (χ0v) is 9.53. The third-order valence-electron chi connectivity index (χ3n) is 2.40. The first-order valence-electron chi connectivity index (χ1n) is 4.66. The highest BCUT2D eigenvalue weighted by molar-refractivity contribution is 7.09. The summed E-state index contributed by atoms with van der Waals surface area (Å²) in [4.78, 5) is 25.9. The highest BCUT2D eigenvalue weighted by Crippen LogP contribution is 2.16. The molecule has 0 unspecified atom stereocenters. The van der Waals surface area contributed by atoms with Gasteiger partial charge in [-0.15, -0.1) is 5.10 Å². The average Bonchev–Trinajstić information content (AvgIpc) is 2.61. The number of anilines is 1. The molecule has 1 saturated heterocycles. The smallest absolute Gasteiger partial charge is 0.243 e. The predicted octanol–water partition coefficient (Wildman–Crippen LogP) is -1.08. The van der Waals surface area contributed by atoms with E-state index in [2.05, 4.69) is 9.59 Å². The van der Waals surface area contributed by atoms with Gasteiger partial charge < -0.3 is 15.5 Å². The Balaban J connectivity index is 2.08. The maximum atomic E-state index is 11.6. The molecule has 16 heavy (non-hydrogen) atoms.